The standard InChI is InChI=1S/C20H26N2O4.C8H8F3N3/c1-14(7-10-19(24)21-13-23)22-12-15-11-17(8-9-18(15)20(22)25)26-16-5-3-2-4-6-16;9-8(10,11)6-3-13-7(14-4-6)5-1-12-2-5/h8-9,11,13-14,16H,2-7,10,12H2,1H3,(H,21,23,24);3-5,12H,1-2H2. The third-order valence-corrected chi connectivity index (χ3v) is 7.45. The Morgan fingerprint density at radius 2 is 1.90 bits per heavy atom. The minimum absolute atomic E-state index is 0.00693. The van der Waals surface area contributed by atoms with Crippen molar-refractivity contribution in [2.75, 3.05) is 13.1 Å². The fraction of sp³-hybridized carbons (Fsp3) is 0.536. The van der Waals surface area contributed by atoms with Crippen molar-refractivity contribution in [3.8, 4) is 5.75 Å². The number of carbonyl (C=O) groups is 3. The van der Waals surface area contributed by atoms with Gasteiger partial charge in [0.1, 0.15) is 11.6 Å². The van der Waals surface area contributed by atoms with E-state index in [-0.39, 0.29) is 36.3 Å². The van der Waals surface area contributed by atoms with Crippen molar-refractivity contribution < 1.29 is 32.3 Å². The number of nitrogens with one attached hydrogen (secondary N) is 2. The van der Waals surface area contributed by atoms with Crippen molar-refractivity contribution in [3.05, 3.63) is 53.1 Å². The van der Waals surface area contributed by atoms with Crippen LogP contribution in [-0.4, -0.2) is 58.3 Å². The molecule has 1 aromatic heterocycles. The molecule has 0 spiro atoms. The number of nitrogens with zero attached hydrogens (tertiary/aromatic N) is 3. The molecule has 1 saturated carbocycles. The zero-order valence-corrected chi connectivity index (χ0v) is 22.4. The van der Waals surface area contributed by atoms with Crippen LogP contribution in [0.2, 0.25) is 0 Å². The van der Waals surface area contributed by atoms with Crippen LogP contribution < -0.4 is 15.4 Å². The molecule has 216 valence electrons. The molecule has 2 N–H and O–H groups in total. The van der Waals surface area contributed by atoms with Crippen LogP contribution >= 0.6 is 0 Å². The van der Waals surface area contributed by atoms with E-state index in [9.17, 15) is 27.6 Å². The van der Waals surface area contributed by atoms with E-state index in [1.807, 2.05) is 25.1 Å². The maximum atomic E-state index is 12.6. The lowest BCUT2D eigenvalue weighted by molar-refractivity contribution is -0.138. The van der Waals surface area contributed by atoms with Gasteiger partial charge in [0.05, 0.1) is 11.7 Å². The van der Waals surface area contributed by atoms with Crippen molar-refractivity contribution in [1.29, 1.82) is 0 Å². The van der Waals surface area contributed by atoms with Gasteiger partial charge in [-0.2, -0.15) is 13.2 Å². The van der Waals surface area contributed by atoms with Gasteiger partial charge in [-0.05, 0) is 62.8 Å². The zero-order chi connectivity index (χ0) is 28.7. The third kappa shape index (κ3) is 7.56. The monoisotopic (exact) mass is 561 g/mol. The molecule has 2 fully saturated rings. The molecule has 2 aliphatic heterocycles. The molecule has 5 rings (SSSR count). The number of carbonyl (C=O) groups excluding carboxylic acids is 3. The molecule has 3 heterocycles. The topological polar surface area (TPSA) is 114 Å². The lowest BCUT2D eigenvalue weighted by Gasteiger charge is -2.25. The predicted octanol–water partition coefficient (Wildman–Crippen LogP) is 3.98. The van der Waals surface area contributed by atoms with Gasteiger partial charge in [-0.1, -0.05) is 6.42 Å². The number of alkyl halides is 3. The minimum atomic E-state index is -4.35. The zero-order valence-electron chi connectivity index (χ0n) is 22.4. The van der Waals surface area contributed by atoms with Crippen molar-refractivity contribution >= 4 is 18.2 Å². The molecule has 2 aromatic rings. The van der Waals surface area contributed by atoms with Crippen LogP contribution in [0.4, 0.5) is 13.2 Å². The summed E-state index contributed by atoms with van der Waals surface area (Å²) in [5, 5.41) is 5.13. The maximum absolute atomic E-state index is 12.6. The molecule has 1 saturated heterocycles. The summed E-state index contributed by atoms with van der Waals surface area (Å²) in [5.41, 5.74) is 0.895. The van der Waals surface area contributed by atoms with Crippen LogP contribution in [0.25, 0.3) is 0 Å². The number of benzene rings is 1. The Kier molecular flexibility index (Phi) is 9.72. The summed E-state index contributed by atoms with van der Waals surface area (Å²) >= 11 is 0. The Bertz CT molecular complexity index is 1180. The summed E-state index contributed by atoms with van der Waals surface area (Å²) in [6.07, 6.45) is 4.65. The molecule has 9 nitrogen and oxygen atoms in total. The van der Waals surface area contributed by atoms with Gasteiger partial charge in [0.15, 0.2) is 0 Å². The first-order valence-corrected chi connectivity index (χ1v) is 13.6. The molecule has 1 aromatic carbocycles. The number of aromatic nitrogens is 2. The number of hydrogen-bond donors (Lipinski definition) is 2. The molecular weight excluding hydrogens is 527 g/mol. The SMILES string of the molecule is CC(CCC(=O)NC=O)N1Cc2cc(OC3CCCCC3)ccc2C1=O.FC(F)(F)c1cnc(C2CNC2)nc1. The van der Waals surface area contributed by atoms with Crippen molar-refractivity contribution in [3.63, 3.8) is 0 Å². The smallest absolute Gasteiger partial charge is 0.419 e. The lowest BCUT2D eigenvalue weighted by atomic mass is 9.98. The number of hydrogen-bond acceptors (Lipinski definition) is 7. The van der Waals surface area contributed by atoms with Crippen LogP contribution in [0.5, 0.6) is 5.75 Å². The predicted molar refractivity (Wildman–Crippen MR) is 139 cm³/mol. The molecule has 1 aliphatic carbocycles. The van der Waals surface area contributed by atoms with Crippen LogP contribution in [0, 0.1) is 0 Å². The number of fused-ring (bicyclic) bond motifs is 1. The second kappa shape index (κ2) is 13.2. The third-order valence-electron chi connectivity index (χ3n) is 7.45. The first-order chi connectivity index (χ1) is 19.2. The number of rotatable bonds is 8. The first-order valence-electron chi connectivity index (χ1n) is 13.6. The minimum Gasteiger partial charge on any atom is -0.490 e. The molecule has 12 heteroatoms. The second-order valence-corrected chi connectivity index (χ2v) is 10.4. The Balaban J connectivity index is 0.000000222. The van der Waals surface area contributed by atoms with E-state index in [2.05, 4.69) is 20.6 Å². The average molecular weight is 562 g/mol. The van der Waals surface area contributed by atoms with Crippen LogP contribution in [0.3, 0.4) is 0 Å². The summed E-state index contributed by atoms with van der Waals surface area (Å²) in [6.45, 7) is 3.95. The maximum Gasteiger partial charge on any atom is 0.419 e. The quantitative estimate of drug-likeness (QED) is 0.469. The van der Waals surface area contributed by atoms with E-state index in [0.717, 1.165) is 49.6 Å². The van der Waals surface area contributed by atoms with E-state index < -0.39 is 11.7 Å². The van der Waals surface area contributed by atoms with E-state index in [4.69, 9.17) is 4.74 Å². The number of ether oxygens (including phenoxy) is 1. The largest absolute Gasteiger partial charge is 0.490 e. The van der Waals surface area contributed by atoms with Gasteiger partial charge < -0.3 is 15.0 Å². The van der Waals surface area contributed by atoms with Gasteiger partial charge in [0, 0.05) is 56.0 Å². The van der Waals surface area contributed by atoms with Gasteiger partial charge >= 0.3 is 6.18 Å². The summed E-state index contributed by atoms with van der Waals surface area (Å²) in [4.78, 5) is 43.5. The molecule has 1 unspecified atom stereocenters. The van der Waals surface area contributed by atoms with Crippen LogP contribution in [0.1, 0.15) is 85.1 Å². The van der Waals surface area contributed by atoms with Gasteiger partial charge in [-0.25, -0.2) is 9.97 Å². The van der Waals surface area contributed by atoms with Crippen LogP contribution in [-0.2, 0) is 22.3 Å². The summed E-state index contributed by atoms with van der Waals surface area (Å²) in [7, 11) is 0. The molecule has 0 radical (unpaired) electrons. The number of imide groups is 1. The molecule has 3 aliphatic rings. The molecule has 1 atom stereocenters. The van der Waals surface area contributed by atoms with Gasteiger partial charge in [0.25, 0.3) is 5.91 Å². The Hall–Kier alpha value is -3.54. The highest BCUT2D eigenvalue weighted by atomic mass is 19.4. The second-order valence-electron chi connectivity index (χ2n) is 10.4. The highest BCUT2D eigenvalue weighted by Gasteiger charge is 2.33. The van der Waals surface area contributed by atoms with E-state index in [1.165, 1.54) is 19.3 Å². The fourth-order valence-corrected chi connectivity index (χ4v) is 4.92. The molecule has 0 bridgehead atoms. The Labute approximate surface area is 230 Å². The normalized spacial score (nSPS) is 18.2. The molecule has 40 heavy (non-hydrogen) atoms. The van der Waals surface area contributed by atoms with E-state index >= 15 is 0 Å². The molecular formula is C28H34F3N5O4. The van der Waals surface area contributed by atoms with E-state index in [0.29, 0.717) is 30.8 Å². The Morgan fingerprint density at radius 1 is 1.20 bits per heavy atom. The summed E-state index contributed by atoms with van der Waals surface area (Å²) in [5.74, 6) is 1.16. The Morgan fingerprint density at radius 3 is 2.50 bits per heavy atom. The van der Waals surface area contributed by atoms with Crippen LogP contribution in [0.15, 0.2) is 30.6 Å². The highest BCUT2D eigenvalue weighted by molar-refractivity contribution is 5.98. The van der Waals surface area contributed by atoms with Gasteiger partial charge in [-0.15, -0.1) is 0 Å². The average Bonchev–Trinajstić information content (AvgIpc) is 3.23. The number of halogens is 3. The van der Waals surface area contributed by atoms with Gasteiger partial charge in [0.2, 0.25) is 12.3 Å². The highest BCUT2D eigenvalue weighted by Crippen LogP contribution is 2.31. The lowest BCUT2D eigenvalue weighted by Crippen LogP contribution is -2.40. The van der Waals surface area contributed by atoms with Crippen molar-refractivity contribution in [2.45, 2.75) is 82.7 Å². The number of amides is 3. The van der Waals surface area contributed by atoms with Crippen molar-refractivity contribution in [2.24, 2.45) is 0 Å². The molecule has 3 amide bonds. The summed E-state index contributed by atoms with van der Waals surface area (Å²) < 4.78 is 42.5. The fourth-order valence-electron chi connectivity index (χ4n) is 4.92. The van der Waals surface area contributed by atoms with Crippen molar-refractivity contribution in [1.82, 2.24) is 25.5 Å². The first kappa shape index (κ1) is 29.4. The van der Waals surface area contributed by atoms with E-state index in [1.54, 1.807) is 4.90 Å². The summed E-state index contributed by atoms with van der Waals surface area (Å²) in [6, 6.07) is 5.64. The van der Waals surface area contributed by atoms with Gasteiger partial charge in [-0.3, -0.25) is 19.7 Å².